The van der Waals surface area contributed by atoms with E-state index in [0.29, 0.717) is 19.7 Å². The van der Waals surface area contributed by atoms with Gasteiger partial charge in [-0.15, -0.1) is 0 Å². The highest BCUT2D eigenvalue weighted by molar-refractivity contribution is 7.87. The van der Waals surface area contributed by atoms with Crippen LogP contribution in [-0.2, 0) is 14.9 Å². The van der Waals surface area contributed by atoms with Crippen molar-refractivity contribution in [3.05, 3.63) is 0 Å². The molecule has 0 bridgehead atoms. The van der Waals surface area contributed by atoms with E-state index in [1.165, 1.54) is 0 Å². The maximum absolute atomic E-state index is 12.5. The Bertz CT molecular complexity index is 366. The van der Waals surface area contributed by atoms with Crippen LogP contribution in [0.3, 0.4) is 0 Å². The predicted molar refractivity (Wildman–Crippen MR) is 74.2 cm³/mol. The highest BCUT2D eigenvalue weighted by Gasteiger charge is 2.33. The maximum Gasteiger partial charge on any atom is 0.280 e. The highest BCUT2D eigenvalue weighted by atomic mass is 32.2. The fraction of sp³-hybridized carbons (Fsp3) is 1.00. The Balaban J connectivity index is 1.99. The van der Waals surface area contributed by atoms with Gasteiger partial charge in [0, 0.05) is 31.8 Å². The third-order valence-electron chi connectivity index (χ3n) is 3.80. The second-order valence-electron chi connectivity index (χ2n) is 5.35. The van der Waals surface area contributed by atoms with Crippen molar-refractivity contribution in [1.29, 1.82) is 0 Å². The van der Waals surface area contributed by atoms with Crippen LogP contribution in [0.2, 0.25) is 0 Å². The van der Waals surface area contributed by atoms with Crippen LogP contribution in [0.4, 0.5) is 0 Å². The molecule has 0 aromatic heterocycles. The standard InChI is InChI=1S/C12H25N3O3S/c1-13-9-12-6-2-3-7-15(12)19(16,17)14-11-5-4-8-18-10-11/h11-14H,2-10H2,1H3. The van der Waals surface area contributed by atoms with Crippen LogP contribution in [0.1, 0.15) is 32.1 Å². The minimum absolute atomic E-state index is 0.0701. The summed E-state index contributed by atoms with van der Waals surface area (Å²) >= 11 is 0. The minimum Gasteiger partial charge on any atom is -0.380 e. The Labute approximate surface area is 116 Å². The van der Waals surface area contributed by atoms with E-state index in [2.05, 4.69) is 10.0 Å². The molecule has 0 radical (unpaired) electrons. The molecule has 6 nitrogen and oxygen atoms in total. The Morgan fingerprint density at radius 3 is 2.79 bits per heavy atom. The first-order valence-corrected chi connectivity index (χ1v) is 8.59. The number of rotatable bonds is 5. The van der Waals surface area contributed by atoms with Gasteiger partial charge in [-0.05, 0) is 32.7 Å². The number of hydrogen-bond acceptors (Lipinski definition) is 4. The summed E-state index contributed by atoms with van der Waals surface area (Å²) in [4.78, 5) is 0. The lowest BCUT2D eigenvalue weighted by molar-refractivity contribution is 0.0764. The van der Waals surface area contributed by atoms with Gasteiger partial charge in [0.1, 0.15) is 0 Å². The molecule has 2 aliphatic rings. The highest BCUT2D eigenvalue weighted by Crippen LogP contribution is 2.20. The quantitative estimate of drug-likeness (QED) is 0.752. The lowest BCUT2D eigenvalue weighted by atomic mass is 10.1. The maximum atomic E-state index is 12.5. The van der Waals surface area contributed by atoms with E-state index >= 15 is 0 Å². The lowest BCUT2D eigenvalue weighted by Gasteiger charge is -2.36. The summed E-state index contributed by atoms with van der Waals surface area (Å²) in [5.41, 5.74) is 0. The van der Waals surface area contributed by atoms with E-state index in [-0.39, 0.29) is 12.1 Å². The van der Waals surface area contributed by atoms with Gasteiger partial charge >= 0.3 is 0 Å². The van der Waals surface area contributed by atoms with Gasteiger partial charge in [0.15, 0.2) is 0 Å². The zero-order valence-corrected chi connectivity index (χ0v) is 12.4. The van der Waals surface area contributed by atoms with E-state index in [0.717, 1.165) is 38.7 Å². The van der Waals surface area contributed by atoms with Crippen molar-refractivity contribution in [2.24, 2.45) is 0 Å². The van der Waals surface area contributed by atoms with Crippen molar-refractivity contribution < 1.29 is 13.2 Å². The van der Waals surface area contributed by atoms with E-state index < -0.39 is 10.2 Å². The van der Waals surface area contributed by atoms with Crippen molar-refractivity contribution in [1.82, 2.24) is 14.3 Å². The number of nitrogens with one attached hydrogen (secondary N) is 2. The van der Waals surface area contributed by atoms with E-state index in [1.807, 2.05) is 7.05 Å². The molecule has 2 saturated heterocycles. The van der Waals surface area contributed by atoms with Gasteiger partial charge in [-0.1, -0.05) is 6.42 Å². The molecule has 2 atom stereocenters. The molecule has 0 spiro atoms. The summed E-state index contributed by atoms with van der Waals surface area (Å²) in [6.45, 7) is 2.56. The Hall–Kier alpha value is -0.210. The van der Waals surface area contributed by atoms with E-state index in [9.17, 15) is 8.42 Å². The molecular formula is C12H25N3O3S. The zero-order valence-electron chi connectivity index (χ0n) is 11.6. The lowest BCUT2D eigenvalue weighted by Crippen LogP contribution is -2.55. The molecule has 2 rings (SSSR count). The molecule has 0 aliphatic carbocycles. The van der Waals surface area contributed by atoms with Gasteiger partial charge in [-0.25, -0.2) is 0 Å². The third-order valence-corrected chi connectivity index (χ3v) is 5.53. The smallest absolute Gasteiger partial charge is 0.280 e. The number of piperidine rings is 1. The molecule has 112 valence electrons. The van der Waals surface area contributed by atoms with Crippen LogP contribution in [0.15, 0.2) is 0 Å². The molecule has 2 aliphatic heterocycles. The molecule has 0 aromatic carbocycles. The molecule has 0 saturated carbocycles. The van der Waals surface area contributed by atoms with Gasteiger partial charge < -0.3 is 10.1 Å². The number of ether oxygens (including phenoxy) is 1. The van der Waals surface area contributed by atoms with E-state index in [4.69, 9.17) is 4.74 Å². The second kappa shape index (κ2) is 6.99. The molecule has 7 heteroatoms. The number of nitrogens with zero attached hydrogens (tertiary/aromatic N) is 1. The fourth-order valence-electron chi connectivity index (χ4n) is 2.84. The average molecular weight is 291 g/mol. The molecule has 19 heavy (non-hydrogen) atoms. The van der Waals surface area contributed by atoms with Crippen molar-refractivity contribution in [2.45, 2.75) is 44.2 Å². The molecule has 0 amide bonds. The van der Waals surface area contributed by atoms with Gasteiger partial charge in [0.2, 0.25) is 0 Å². The fourth-order valence-corrected chi connectivity index (χ4v) is 4.53. The van der Waals surface area contributed by atoms with Crippen LogP contribution in [-0.4, -0.2) is 58.2 Å². The minimum atomic E-state index is -3.39. The molecular weight excluding hydrogens is 266 g/mol. The van der Waals surface area contributed by atoms with E-state index in [1.54, 1.807) is 4.31 Å². The normalized spacial score (nSPS) is 30.4. The SMILES string of the molecule is CNCC1CCCCN1S(=O)(=O)NC1CCCOC1. The third kappa shape index (κ3) is 4.13. The summed E-state index contributed by atoms with van der Waals surface area (Å²) in [5, 5.41) is 3.08. The van der Waals surface area contributed by atoms with Crippen LogP contribution >= 0.6 is 0 Å². The topological polar surface area (TPSA) is 70.7 Å². The van der Waals surface area contributed by atoms with Crippen molar-refractivity contribution in [3.63, 3.8) is 0 Å². The number of hydrogen-bond donors (Lipinski definition) is 2. The Morgan fingerprint density at radius 2 is 2.11 bits per heavy atom. The molecule has 2 N–H and O–H groups in total. The first-order valence-electron chi connectivity index (χ1n) is 7.15. The summed E-state index contributed by atoms with van der Waals surface area (Å²) < 4.78 is 34.7. The van der Waals surface area contributed by atoms with Crippen molar-refractivity contribution >= 4 is 10.2 Å². The first-order chi connectivity index (χ1) is 9.13. The summed E-state index contributed by atoms with van der Waals surface area (Å²) in [7, 11) is -1.53. The largest absolute Gasteiger partial charge is 0.380 e. The summed E-state index contributed by atoms with van der Waals surface area (Å²) in [5.74, 6) is 0. The molecule has 2 unspecified atom stereocenters. The van der Waals surface area contributed by atoms with Gasteiger partial charge in [-0.3, -0.25) is 0 Å². The monoisotopic (exact) mass is 291 g/mol. The second-order valence-corrected chi connectivity index (χ2v) is 7.01. The Kier molecular flexibility index (Phi) is 5.58. The van der Waals surface area contributed by atoms with Gasteiger partial charge in [-0.2, -0.15) is 17.4 Å². The van der Waals surface area contributed by atoms with Gasteiger partial charge in [0.25, 0.3) is 10.2 Å². The number of likely N-dealkylation sites (N-methyl/N-ethyl adjacent to an activating group) is 1. The van der Waals surface area contributed by atoms with Crippen LogP contribution < -0.4 is 10.0 Å². The Morgan fingerprint density at radius 1 is 1.26 bits per heavy atom. The molecule has 2 heterocycles. The summed E-state index contributed by atoms with van der Waals surface area (Å²) in [6.07, 6.45) is 4.77. The predicted octanol–water partition coefficient (Wildman–Crippen LogP) is 0.0737. The first kappa shape index (κ1) is 15.2. The van der Waals surface area contributed by atoms with Crippen LogP contribution in [0.25, 0.3) is 0 Å². The molecule has 0 aromatic rings. The van der Waals surface area contributed by atoms with Gasteiger partial charge in [0.05, 0.1) is 6.61 Å². The summed E-state index contributed by atoms with van der Waals surface area (Å²) in [6, 6.07) is -0.00308. The molecule has 2 fully saturated rings. The zero-order chi connectivity index (χ0) is 13.7. The van der Waals surface area contributed by atoms with Crippen molar-refractivity contribution in [2.75, 3.05) is 33.4 Å². The van der Waals surface area contributed by atoms with Crippen molar-refractivity contribution in [3.8, 4) is 0 Å². The average Bonchev–Trinajstić information content (AvgIpc) is 2.40. The van der Waals surface area contributed by atoms with Crippen LogP contribution in [0, 0.1) is 0 Å². The van der Waals surface area contributed by atoms with Crippen LogP contribution in [0.5, 0.6) is 0 Å².